The van der Waals surface area contributed by atoms with E-state index in [2.05, 4.69) is 6.92 Å². The topological polar surface area (TPSA) is 63.6 Å². The summed E-state index contributed by atoms with van der Waals surface area (Å²) in [5, 5.41) is 8.38. The molecule has 0 heterocycles. The third-order valence-electron chi connectivity index (χ3n) is 2.93. The van der Waals surface area contributed by atoms with E-state index < -0.39 is 5.97 Å². The zero-order valence-corrected chi connectivity index (χ0v) is 14.8. The van der Waals surface area contributed by atoms with E-state index in [-0.39, 0.29) is 11.6 Å². The van der Waals surface area contributed by atoms with Crippen molar-refractivity contribution in [2.45, 2.75) is 71.8 Å². The number of aromatic carboxylic acids is 1. The number of benzene rings is 1. The average Bonchev–Trinajstić information content (AvgIpc) is 2.47. The van der Waals surface area contributed by atoms with Crippen molar-refractivity contribution in [2.75, 3.05) is 0 Å². The number of carbonyl (C=O) groups is 2. The van der Waals surface area contributed by atoms with E-state index in [0.29, 0.717) is 12.0 Å². The quantitative estimate of drug-likeness (QED) is 0.562. The monoisotopic (exact) mass is 322 g/mol. The van der Waals surface area contributed by atoms with Gasteiger partial charge in [-0.15, -0.1) is 0 Å². The molecule has 0 aliphatic heterocycles. The maximum absolute atomic E-state index is 11.3. The van der Waals surface area contributed by atoms with Crippen LogP contribution in [0.5, 0.6) is 0 Å². The minimum Gasteiger partial charge on any atom is -0.478 e. The van der Waals surface area contributed by atoms with Gasteiger partial charge in [0.25, 0.3) is 0 Å². The van der Waals surface area contributed by atoms with Crippen molar-refractivity contribution in [1.29, 1.82) is 0 Å². The number of ether oxygens (including phenoxy) is 1. The fourth-order valence-electron chi connectivity index (χ4n) is 1.85. The summed E-state index contributed by atoms with van der Waals surface area (Å²) in [5.41, 5.74) is -0.00182. The molecule has 0 radical (unpaired) electrons. The molecule has 4 heteroatoms. The number of carboxylic acid groups (broad SMARTS) is 1. The van der Waals surface area contributed by atoms with Crippen LogP contribution in [0.3, 0.4) is 0 Å². The first kappa shape index (κ1) is 21.2. The van der Waals surface area contributed by atoms with Crippen LogP contribution in [-0.4, -0.2) is 22.6 Å². The summed E-state index contributed by atoms with van der Waals surface area (Å²) in [7, 11) is 0. The Kier molecular flexibility index (Phi) is 10.8. The van der Waals surface area contributed by atoms with E-state index in [9.17, 15) is 9.59 Å². The number of carboxylic acids is 1. The molecular formula is C19H30O4. The van der Waals surface area contributed by atoms with Crippen LogP contribution in [0.4, 0.5) is 0 Å². The molecule has 0 fully saturated rings. The summed E-state index contributed by atoms with van der Waals surface area (Å²) < 4.78 is 5.21. The number of esters is 1. The molecule has 0 spiro atoms. The summed E-state index contributed by atoms with van der Waals surface area (Å²) in [6, 6.07) is 8.30. The van der Waals surface area contributed by atoms with Gasteiger partial charge in [0.05, 0.1) is 5.56 Å². The standard InChI is InChI=1S/C12H24O2.C7H6O2/c1-5-6-7-8-9-10-11(13)14-12(2,3)4;8-7(9)6-4-2-1-3-5-6/h5-10H2,1-4H3;1-5H,(H,8,9). The number of hydrogen-bond donors (Lipinski definition) is 1. The second kappa shape index (κ2) is 11.7. The fraction of sp³-hybridized carbons (Fsp3) is 0.579. The van der Waals surface area contributed by atoms with Gasteiger partial charge in [-0.25, -0.2) is 4.79 Å². The van der Waals surface area contributed by atoms with E-state index in [4.69, 9.17) is 9.84 Å². The van der Waals surface area contributed by atoms with Crippen molar-refractivity contribution in [1.82, 2.24) is 0 Å². The molecule has 4 nitrogen and oxygen atoms in total. The number of rotatable bonds is 7. The highest BCUT2D eigenvalue weighted by atomic mass is 16.6. The van der Waals surface area contributed by atoms with Crippen molar-refractivity contribution in [3.63, 3.8) is 0 Å². The SMILES string of the molecule is CCCCCCCC(=O)OC(C)(C)C.O=C(O)c1ccccc1. The number of hydrogen-bond acceptors (Lipinski definition) is 3. The van der Waals surface area contributed by atoms with Crippen LogP contribution in [0.25, 0.3) is 0 Å². The smallest absolute Gasteiger partial charge is 0.335 e. The van der Waals surface area contributed by atoms with Crippen LogP contribution in [0.2, 0.25) is 0 Å². The number of unbranched alkanes of at least 4 members (excludes halogenated alkanes) is 4. The van der Waals surface area contributed by atoms with Crippen molar-refractivity contribution in [2.24, 2.45) is 0 Å². The Morgan fingerprint density at radius 3 is 2.00 bits per heavy atom. The predicted octanol–water partition coefficient (Wildman–Crippen LogP) is 5.07. The lowest BCUT2D eigenvalue weighted by molar-refractivity contribution is -0.154. The van der Waals surface area contributed by atoms with Gasteiger partial charge in [0, 0.05) is 6.42 Å². The first-order valence-electron chi connectivity index (χ1n) is 8.26. The van der Waals surface area contributed by atoms with Crippen molar-refractivity contribution >= 4 is 11.9 Å². The maximum Gasteiger partial charge on any atom is 0.335 e. The van der Waals surface area contributed by atoms with Gasteiger partial charge in [0.2, 0.25) is 0 Å². The lowest BCUT2D eigenvalue weighted by Crippen LogP contribution is -2.23. The summed E-state index contributed by atoms with van der Waals surface area (Å²) in [4.78, 5) is 21.5. The summed E-state index contributed by atoms with van der Waals surface area (Å²) in [6.45, 7) is 7.90. The molecule has 1 rings (SSSR count). The summed E-state index contributed by atoms with van der Waals surface area (Å²) in [6.07, 6.45) is 6.43. The molecule has 0 aliphatic carbocycles. The zero-order valence-electron chi connectivity index (χ0n) is 14.8. The third kappa shape index (κ3) is 13.5. The second-order valence-electron chi connectivity index (χ2n) is 6.42. The molecule has 0 aromatic heterocycles. The van der Waals surface area contributed by atoms with Crippen LogP contribution >= 0.6 is 0 Å². The van der Waals surface area contributed by atoms with Crippen LogP contribution in [0, 0.1) is 0 Å². The van der Waals surface area contributed by atoms with E-state index in [1.165, 1.54) is 19.3 Å². The normalized spacial score (nSPS) is 10.4. The highest BCUT2D eigenvalue weighted by molar-refractivity contribution is 5.87. The lowest BCUT2D eigenvalue weighted by Gasteiger charge is -2.19. The Morgan fingerprint density at radius 2 is 1.57 bits per heavy atom. The molecule has 1 N–H and O–H groups in total. The van der Waals surface area contributed by atoms with Gasteiger partial charge < -0.3 is 9.84 Å². The van der Waals surface area contributed by atoms with Crippen molar-refractivity contribution in [3.8, 4) is 0 Å². The van der Waals surface area contributed by atoms with Gasteiger partial charge >= 0.3 is 11.9 Å². The first-order valence-corrected chi connectivity index (χ1v) is 8.26. The Balaban J connectivity index is 0.000000459. The molecule has 0 unspecified atom stereocenters. The van der Waals surface area contributed by atoms with Gasteiger partial charge in [0.15, 0.2) is 0 Å². The molecule has 0 bridgehead atoms. The van der Waals surface area contributed by atoms with E-state index >= 15 is 0 Å². The van der Waals surface area contributed by atoms with Crippen LogP contribution < -0.4 is 0 Å². The zero-order chi connectivity index (χ0) is 17.7. The molecule has 0 amide bonds. The highest BCUT2D eigenvalue weighted by Gasteiger charge is 2.15. The van der Waals surface area contributed by atoms with Gasteiger partial charge in [-0.05, 0) is 39.3 Å². The average molecular weight is 322 g/mol. The van der Waals surface area contributed by atoms with E-state index in [0.717, 1.165) is 12.8 Å². The lowest BCUT2D eigenvalue weighted by atomic mass is 10.1. The minimum absolute atomic E-state index is 0.0611. The van der Waals surface area contributed by atoms with Crippen molar-refractivity contribution in [3.05, 3.63) is 35.9 Å². The molecule has 23 heavy (non-hydrogen) atoms. The Labute approximate surface area is 139 Å². The van der Waals surface area contributed by atoms with Crippen LogP contribution in [0.1, 0.15) is 76.6 Å². The Hall–Kier alpha value is -1.84. The highest BCUT2D eigenvalue weighted by Crippen LogP contribution is 2.11. The largest absolute Gasteiger partial charge is 0.478 e. The predicted molar refractivity (Wildman–Crippen MR) is 92.6 cm³/mol. The molecule has 0 saturated carbocycles. The van der Waals surface area contributed by atoms with Gasteiger partial charge in [-0.3, -0.25) is 4.79 Å². The minimum atomic E-state index is -0.879. The van der Waals surface area contributed by atoms with Gasteiger partial charge in [0.1, 0.15) is 5.60 Å². The van der Waals surface area contributed by atoms with Crippen LogP contribution in [-0.2, 0) is 9.53 Å². The number of carbonyl (C=O) groups excluding carboxylic acids is 1. The van der Waals surface area contributed by atoms with Crippen molar-refractivity contribution < 1.29 is 19.4 Å². The van der Waals surface area contributed by atoms with Gasteiger partial charge in [-0.1, -0.05) is 50.8 Å². The maximum atomic E-state index is 11.3. The first-order chi connectivity index (χ1) is 10.8. The molecule has 130 valence electrons. The molecule has 1 aromatic carbocycles. The summed E-state index contributed by atoms with van der Waals surface area (Å²) >= 11 is 0. The second-order valence-corrected chi connectivity index (χ2v) is 6.42. The molecular weight excluding hydrogens is 292 g/mol. The third-order valence-corrected chi connectivity index (χ3v) is 2.93. The van der Waals surface area contributed by atoms with E-state index in [1.54, 1.807) is 30.3 Å². The van der Waals surface area contributed by atoms with Gasteiger partial charge in [-0.2, -0.15) is 0 Å². The molecule has 0 aliphatic rings. The molecule has 1 aromatic rings. The Morgan fingerprint density at radius 1 is 1.00 bits per heavy atom. The van der Waals surface area contributed by atoms with E-state index in [1.807, 2.05) is 20.8 Å². The molecule has 0 saturated heterocycles. The summed E-state index contributed by atoms with van der Waals surface area (Å²) in [5.74, 6) is -0.940. The fourth-order valence-corrected chi connectivity index (χ4v) is 1.85. The Bertz CT molecular complexity index is 446. The van der Waals surface area contributed by atoms with Crippen LogP contribution in [0.15, 0.2) is 30.3 Å². The molecule has 0 atom stereocenters.